The summed E-state index contributed by atoms with van der Waals surface area (Å²) in [5.41, 5.74) is -0.419. The highest BCUT2D eigenvalue weighted by atomic mass is 32.1. The van der Waals surface area contributed by atoms with E-state index in [0.29, 0.717) is 5.56 Å². The van der Waals surface area contributed by atoms with E-state index in [2.05, 4.69) is 6.58 Å². The lowest BCUT2D eigenvalue weighted by molar-refractivity contribution is -0.137. The number of thiophene rings is 1. The highest BCUT2D eigenvalue weighted by Crippen LogP contribution is 2.29. The number of hydrogen-bond donors (Lipinski definition) is 0. The van der Waals surface area contributed by atoms with Gasteiger partial charge in [-0.2, -0.15) is 13.2 Å². The lowest BCUT2D eigenvalue weighted by Crippen LogP contribution is -2.42. The van der Waals surface area contributed by atoms with Crippen molar-refractivity contribution in [2.75, 3.05) is 13.1 Å². The molecule has 0 spiro atoms. The first-order chi connectivity index (χ1) is 16.2. The predicted octanol–water partition coefficient (Wildman–Crippen LogP) is 5.76. The Morgan fingerprint density at radius 3 is 2.32 bits per heavy atom. The summed E-state index contributed by atoms with van der Waals surface area (Å²) in [6.45, 7) is 3.66. The molecule has 0 radical (unpaired) electrons. The second kappa shape index (κ2) is 11.1. The first kappa shape index (κ1) is 25.2. The molecule has 0 fully saturated rings. The molecule has 0 N–H and O–H groups in total. The van der Waals surface area contributed by atoms with Crippen LogP contribution in [0.2, 0.25) is 0 Å². The lowest BCUT2D eigenvalue weighted by atomic mass is 10.1. The molecular weight excluding hydrogens is 468 g/mol. The SMILES string of the molecule is C=CCN(CC(=O)N(Cc1ccc(F)cc1)Cc1cccs1)C(=O)c1cccc(C(F)(F)F)c1. The summed E-state index contributed by atoms with van der Waals surface area (Å²) in [6.07, 6.45) is -3.19. The van der Waals surface area contributed by atoms with E-state index in [0.717, 1.165) is 28.0 Å². The van der Waals surface area contributed by atoms with E-state index in [4.69, 9.17) is 0 Å². The van der Waals surface area contributed by atoms with E-state index < -0.39 is 29.4 Å². The Morgan fingerprint density at radius 2 is 1.71 bits per heavy atom. The molecule has 9 heteroatoms. The van der Waals surface area contributed by atoms with Crippen LogP contribution in [0.1, 0.15) is 26.4 Å². The highest BCUT2D eigenvalue weighted by Gasteiger charge is 2.31. The molecular formula is C25H22F4N2O2S. The van der Waals surface area contributed by atoms with Crippen LogP contribution in [0.15, 0.2) is 78.7 Å². The molecule has 4 nitrogen and oxygen atoms in total. The Kier molecular flexibility index (Phi) is 8.22. The lowest BCUT2D eigenvalue weighted by Gasteiger charge is -2.27. The summed E-state index contributed by atoms with van der Waals surface area (Å²) in [6, 6.07) is 13.5. The average molecular weight is 491 g/mol. The smallest absolute Gasteiger partial charge is 0.332 e. The fraction of sp³-hybridized carbons (Fsp3) is 0.200. The minimum absolute atomic E-state index is 0.0236. The number of carbonyl (C=O) groups is 2. The number of carbonyl (C=O) groups excluding carboxylic acids is 2. The fourth-order valence-electron chi connectivity index (χ4n) is 3.28. The first-order valence-electron chi connectivity index (χ1n) is 10.3. The molecule has 0 saturated carbocycles. The number of nitrogens with zero attached hydrogens (tertiary/aromatic N) is 2. The molecule has 3 rings (SSSR count). The van der Waals surface area contributed by atoms with Crippen molar-refractivity contribution in [2.45, 2.75) is 19.3 Å². The van der Waals surface area contributed by atoms with Gasteiger partial charge in [0.1, 0.15) is 12.4 Å². The van der Waals surface area contributed by atoms with E-state index in [1.165, 1.54) is 40.5 Å². The summed E-state index contributed by atoms with van der Waals surface area (Å²) in [7, 11) is 0. The maximum Gasteiger partial charge on any atom is 0.416 e. The topological polar surface area (TPSA) is 40.6 Å². The van der Waals surface area contributed by atoms with E-state index in [9.17, 15) is 27.2 Å². The minimum Gasteiger partial charge on any atom is -0.332 e. The highest BCUT2D eigenvalue weighted by molar-refractivity contribution is 7.09. The van der Waals surface area contributed by atoms with Gasteiger partial charge in [0.05, 0.1) is 12.1 Å². The van der Waals surface area contributed by atoms with Crippen molar-refractivity contribution in [1.82, 2.24) is 9.80 Å². The van der Waals surface area contributed by atoms with Gasteiger partial charge in [-0.15, -0.1) is 17.9 Å². The fourth-order valence-corrected chi connectivity index (χ4v) is 4.00. The molecule has 1 heterocycles. The number of benzene rings is 2. The van der Waals surface area contributed by atoms with Gasteiger partial charge in [0.2, 0.25) is 5.91 Å². The van der Waals surface area contributed by atoms with Gasteiger partial charge in [0.25, 0.3) is 5.91 Å². The van der Waals surface area contributed by atoms with Gasteiger partial charge < -0.3 is 9.80 Å². The van der Waals surface area contributed by atoms with Crippen LogP contribution >= 0.6 is 11.3 Å². The van der Waals surface area contributed by atoms with E-state index in [1.807, 2.05) is 17.5 Å². The number of halogens is 4. The third-order valence-electron chi connectivity index (χ3n) is 4.97. The van der Waals surface area contributed by atoms with Gasteiger partial charge in [-0.1, -0.05) is 30.3 Å². The maximum atomic E-state index is 13.3. The Balaban J connectivity index is 1.82. The van der Waals surface area contributed by atoms with Crippen LogP contribution in [-0.4, -0.2) is 34.7 Å². The van der Waals surface area contributed by atoms with Crippen molar-refractivity contribution in [2.24, 2.45) is 0 Å². The summed E-state index contributed by atoms with van der Waals surface area (Å²) < 4.78 is 52.5. The molecule has 0 aliphatic carbocycles. The van der Waals surface area contributed by atoms with E-state index >= 15 is 0 Å². The molecule has 178 valence electrons. The second-order valence-corrected chi connectivity index (χ2v) is 8.54. The summed E-state index contributed by atoms with van der Waals surface area (Å²) in [5, 5.41) is 1.87. The monoisotopic (exact) mass is 490 g/mol. The van der Waals surface area contributed by atoms with Crippen molar-refractivity contribution >= 4 is 23.2 Å². The molecule has 0 aliphatic rings. The number of amides is 2. The average Bonchev–Trinajstić information content (AvgIpc) is 3.32. The zero-order chi connectivity index (χ0) is 24.7. The van der Waals surface area contributed by atoms with Crippen molar-refractivity contribution in [3.63, 3.8) is 0 Å². The van der Waals surface area contributed by atoms with Crippen molar-refractivity contribution in [1.29, 1.82) is 0 Å². The molecule has 34 heavy (non-hydrogen) atoms. The van der Waals surface area contributed by atoms with Gasteiger partial charge in [-0.05, 0) is 47.3 Å². The summed E-state index contributed by atoms with van der Waals surface area (Å²) in [4.78, 5) is 29.8. The standard InChI is InChI=1S/C25H22F4N2O2S/c1-2-12-30(24(33)19-5-3-6-20(14-19)25(27,28)29)17-23(32)31(16-22-7-4-13-34-22)15-18-8-10-21(26)11-9-18/h2-11,13-14H,1,12,15-17H2. The van der Waals surface area contributed by atoms with Crippen LogP contribution in [0.5, 0.6) is 0 Å². The van der Waals surface area contributed by atoms with Crippen molar-refractivity contribution in [3.8, 4) is 0 Å². The van der Waals surface area contributed by atoms with Crippen LogP contribution < -0.4 is 0 Å². The quantitative estimate of drug-likeness (QED) is 0.283. The number of rotatable bonds is 9. The summed E-state index contributed by atoms with van der Waals surface area (Å²) in [5.74, 6) is -1.51. The van der Waals surface area contributed by atoms with Gasteiger partial charge in [0, 0.05) is 23.5 Å². The zero-order valence-electron chi connectivity index (χ0n) is 18.1. The third kappa shape index (κ3) is 6.77. The maximum absolute atomic E-state index is 13.3. The first-order valence-corrected chi connectivity index (χ1v) is 11.2. The molecule has 1 aromatic heterocycles. The molecule has 0 aliphatic heterocycles. The van der Waals surface area contributed by atoms with Crippen LogP contribution in [0, 0.1) is 5.82 Å². The second-order valence-electron chi connectivity index (χ2n) is 7.51. The van der Waals surface area contributed by atoms with Gasteiger partial charge in [0.15, 0.2) is 0 Å². The van der Waals surface area contributed by atoms with Crippen LogP contribution in [0.4, 0.5) is 17.6 Å². The molecule has 0 atom stereocenters. The van der Waals surface area contributed by atoms with Crippen molar-refractivity contribution in [3.05, 3.63) is 106 Å². The Bertz CT molecular complexity index is 1130. The van der Waals surface area contributed by atoms with Gasteiger partial charge >= 0.3 is 6.18 Å². The Labute approximate surface area is 198 Å². The Hall–Kier alpha value is -3.46. The number of alkyl halides is 3. The number of hydrogen-bond acceptors (Lipinski definition) is 3. The van der Waals surface area contributed by atoms with Crippen LogP contribution in [0.3, 0.4) is 0 Å². The van der Waals surface area contributed by atoms with E-state index in [-0.39, 0.29) is 31.7 Å². The van der Waals surface area contributed by atoms with Crippen LogP contribution in [-0.2, 0) is 24.1 Å². The third-order valence-corrected chi connectivity index (χ3v) is 5.83. The van der Waals surface area contributed by atoms with E-state index in [1.54, 1.807) is 12.1 Å². The largest absolute Gasteiger partial charge is 0.416 e. The summed E-state index contributed by atoms with van der Waals surface area (Å²) >= 11 is 1.46. The van der Waals surface area contributed by atoms with Crippen LogP contribution in [0.25, 0.3) is 0 Å². The molecule has 2 amide bonds. The molecule has 2 aromatic carbocycles. The molecule has 0 saturated heterocycles. The molecule has 3 aromatic rings. The normalized spacial score (nSPS) is 11.2. The zero-order valence-corrected chi connectivity index (χ0v) is 18.9. The van der Waals surface area contributed by atoms with Gasteiger partial charge in [-0.25, -0.2) is 4.39 Å². The molecule has 0 bridgehead atoms. The van der Waals surface area contributed by atoms with Crippen molar-refractivity contribution < 1.29 is 27.2 Å². The predicted molar refractivity (Wildman–Crippen MR) is 123 cm³/mol. The minimum atomic E-state index is -4.60. The molecule has 0 unspecified atom stereocenters. The van der Waals surface area contributed by atoms with Gasteiger partial charge in [-0.3, -0.25) is 9.59 Å². The Morgan fingerprint density at radius 1 is 0.971 bits per heavy atom.